The molecule has 3 unspecified atom stereocenters. The first-order chi connectivity index (χ1) is 9.06. The zero-order valence-corrected chi connectivity index (χ0v) is 12.8. The first kappa shape index (κ1) is 15.3. The number of rotatable bonds is 2. The lowest BCUT2D eigenvalue weighted by atomic mass is 9.98. The summed E-state index contributed by atoms with van der Waals surface area (Å²) < 4.78 is 0. The van der Waals surface area contributed by atoms with Crippen molar-refractivity contribution < 1.29 is 4.79 Å². The number of carbonyl (C=O) groups excluding carboxylic acids is 1. The quantitative estimate of drug-likeness (QED) is 0.873. The Bertz CT molecular complexity index is 487. The number of nitrogens with two attached hydrogens (primary N) is 1. The lowest BCUT2D eigenvalue weighted by Gasteiger charge is -2.17. The molecule has 2 fully saturated rings. The van der Waals surface area contributed by atoms with Crippen molar-refractivity contribution in [3.05, 3.63) is 17.5 Å². The molecule has 3 rings (SSSR count). The summed E-state index contributed by atoms with van der Waals surface area (Å²) in [5.41, 5.74) is 7.66. The van der Waals surface area contributed by atoms with E-state index in [1.807, 2.05) is 11.0 Å². The van der Waals surface area contributed by atoms with Crippen molar-refractivity contribution in [3.8, 4) is 0 Å². The van der Waals surface area contributed by atoms with Gasteiger partial charge < -0.3 is 10.6 Å². The van der Waals surface area contributed by atoms with Crippen molar-refractivity contribution in [2.45, 2.75) is 38.6 Å². The third kappa shape index (κ3) is 2.56. The van der Waals surface area contributed by atoms with Gasteiger partial charge in [-0.05, 0) is 36.7 Å². The molecule has 2 aliphatic rings. The minimum Gasteiger partial charge on any atom is -0.337 e. The fourth-order valence-electron chi connectivity index (χ4n) is 3.38. The minimum atomic E-state index is 0. The van der Waals surface area contributed by atoms with E-state index in [1.165, 1.54) is 0 Å². The lowest BCUT2D eigenvalue weighted by Crippen LogP contribution is -2.33. The molecular formula is C14H23ClN4O. The highest BCUT2D eigenvalue weighted by Crippen LogP contribution is 2.37. The van der Waals surface area contributed by atoms with E-state index >= 15 is 0 Å². The number of aromatic amines is 1. The summed E-state index contributed by atoms with van der Waals surface area (Å²) in [5.74, 6) is 1.50. The Morgan fingerprint density at radius 2 is 2.20 bits per heavy atom. The van der Waals surface area contributed by atoms with Crippen LogP contribution in [0.2, 0.25) is 0 Å². The molecule has 1 saturated heterocycles. The SMILES string of the molecule is CC(C)c1cc(C(=O)N2CC3CCC(N)C3C2)n[nH]1.Cl. The Morgan fingerprint density at radius 3 is 2.80 bits per heavy atom. The van der Waals surface area contributed by atoms with Crippen molar-refractivity contribution in [1.29, 1.82) is 0 Å². The molecule has 1 aliphatic heterocycles. The molecule has 1 aromatic rings. The summed E-state index contributed by atoms with van der Waals surface area (Å²) in [6.45, 7) is 5.82. The standard InChI is InChI=1S/C14H22N4O.ClH/c1-8(2)12-5-13(17-16-12)14(19)18-6-9-3-4-11(15)10(9)7-18;/h5,8-11H,3-4,6-7,15H2,1-2H3,(H,16,17);1H. The number of H-pyrrole nitrogens is 1. The zero-order valence-electron chi connectivity index (χ0n) is 12.0. The molecule has 0 aromatic carbocycles. The lowest BCUT2D eigenvalue weighted by molar-refractivity contribution is 0.0773. The molecule has 112 valence electrons. The van der Waals surface area contributed by atoms with Gasteiger partial charge in [0.15, 0.2) is 0 Å². The first-order valence-corrected chi connectivity index (χ1v) is 7.16. The Hall–Kier alpha value is -1.07. The van der Waals surface area contributed by atoms with Crippen LogP contribution in [0.15, 0.2) is 6.07 Å². The molecule has 1 saturated carbocycles. The Kier molecular flexibility index (Phi) is 4.39. The van der Waals surface area contributed by atoms with Gasteiger partial charge in [0, 0.05) is 24.8 Å². The Morgan fingerprint density at radius 1 is 1.45 bits per heavy atom. The van der Waals surface area contributed by atoms with Crippen LogP contribution in [0.25, 0.3) is 0 Å². The van der Waals surface area contributed by atoms with Crippen LogP contribution in [0, 0.1) is 11.8 Å². The maximum Gasteiger partial charge on any atom is 0.274 e. The van der Waals surface area contributed by atoms with Crippen LogP contribution in [0.5, 0.6) is 0 Å². The monoisotopic (exact) mass is 298 g/mol. The maximum absolute atomic E-state index is 12.4. The van der Waals surface area contributed by atoms with E-state index in [0.29, 0.717) is 23.4 Å². The van der Waals surface area contributed by atoms with Crippen molar-refractivity contribution in [2.75, 3.05) is 13.1 Å². The minimum absolute atomic E-state index is 0. The molecule has 0 bridgehead atoms. The second-order valence-electron chi connectivity index (χ2n) is 6.24. The van der Waals surface area contributed by atoms with E-state index in [-0.39, 0.29) is 24.4 Å². The van der Waals surface area contributed by atoms with Crippen molar-refractivity contribution in [1.82, 2.24) is 15.1 Å². The molecule has 1 aromatic heterocycles. The number of amides is 1. The van der Waals surface area contributed by atoms with Gasteiger partial charge in [0.05, 0.1) is 0 Å². The van der Waals surface area contributed by atoms with Crippen LogP contribution >= 0.6 is 12.4 Å². The van der Waals surface area contributed by atoms with E-state index in [1.54, 1.807) is 0 Å². The summed E-state index contributed by atoms with van der Waals surface area (Å²) in [7, 11) is 0. The number of likely N-dealkylation sites (tertiary alicyclic amines) is 1. The van der Waals surface area contributed by atoms with E-state index < -0.39 is 0 Å². The summed E-state index contributed by atoms with van der Waals surface area (Å²) >= 11 is 0. The molecule has 1 aliphatic carbocycles. The fraction of sp³-hybridized carbons (Fsp3) is 0.714. The van der Waals surface area contributed by atoms with Crippen LogP contribution in [0.4, 0.5) is 0 Å². The third-order valence-electron chi connectivity index (χ3n) is 4.64. The van der Waals surface area contributed by atoms with Gasteiger partial charge in [-0.25, -0.2) is 0 Å². The van der Waals surface area contributed by atoms with Gasteiger partial charge in [-0.2, -0.15) is 5.10 Å². The molecule has 0 spiro atoms. The average molecular weight is 299 g/mol. The van der Waals surface area contributed by atoms with E-state index in [2.05, 4.69) is 24.0 Å². The van der Waals surface area contributed by atoms with Crippen LogP contribution in [0.1, 0.15) is 48.8 Å². The molecule has 2 heterocycles. The van der Waals surface area contributed by atoms with Crippen molar-refractivity contribution in [3.63, 3.8) is 0 Å². The first-order valence-electron chi connectivity index (χ1n) is 7.16. The number of hydrogen-bond donors (Lipinski definition) is 2. The van der Waals surface area contributed by atoms with Crippen LogP contribution in [0.3, 0.4) is 0 Å². The highest BCUT2D eigenvalue weighted by molar-refractivity contribution is 5.92. The van der Waals surface area contributed by atoms with Crippen molar-refractivity contribution in [2.24, 2.45) is 17.6 Å². The summed E-state index contributed by atoms with van der Waals surface area (Å²) in [4.78, 5) is 14.3. The number of hydrogen-bond acceptors (Lipinski definition) is 3. The molecule has 5 nitrogen and oxygen atoms in total. The summed E-state index contributed by atoms with van der Waals surface area (Å²) in [5, 5.41) is 7.09. The number of aromatic nitrogens is 2. The number of carbonyl (C=O) groups is 1. The van der Waals surface area contributed by atoms with Gasteiger partial charge >= 0.3 is 0 Å². The van der Waals surface area contributed by atoms with Gasteiger partial charge in [-0.3, -0.25) is 9.89 Å². The summed E-state index contributed by atoms with van der Waals surface area (Å²) in [6, 6.07) is 2.15. The molecule has 3 N–H and O–H groups in total. The highest BCUT2D eigenvalue weighted by atomic mass is 35.5. The molecule has 0 radical (unpaired) electrons. The Balaban J connectivity index is 0.00000147. The number of nitrogens with zero attached hydrogens (tertiary/aromatic N) is 2. The van der Waals surface area contributed by atoms with Crippen molar-refractivity contribution >= 4 is 18.3 Å². The second kappa shape index (κ2) is 5.74. The predicted octanol–water partition coefficient (Wildman–Crippen LogP) is 1.76. The maximum atomic E-state index is 12.4. The molecule has 1 amide bonds. The van der Waals surface area contributed by atoms with Crippen LogP contribution in [-0.4, -0.2) is 40.1 Å². The highest BCUT2D eigenvalue weighted by Gasteiger charge is 2.42. The van der Waals surface area contributed by atoms with E-state index in [9.17, 15) is 4.79 Å². The number of nitrogens with one attached hydrogen (secondary N) is 1. The number of halogens is 1. The van der Waals surface area contributed by atoms with Gasteiger partial charge in [0.25, 0.3) is 5.91 Å². The van der Waals surface area contributed by atoms with Gasteiger partial charge in [0.2, 0.25) is 0 Å². The Labute approximate surface area is 125 Å². The van der Waals surface area contributed by atoms with Gasteiger partial charge in [-0.1, -0.05) is 13.8 Å². The molecular weight excluding hydrogens is 276 g/mol. The molecule has 3 atom stereocenters. The topological polar surface area (TPSA) is 75.0 Å². The molecule has 6 heteroatoms. The average Bonchev–Trinajstić information content (AvgIpc) is 3.05. The number of fused-ring (bicyclic) bond motifs is 1. The smallest absolute Gasteiger partial charge is 0.274 e. The normalized spacial score (nSPS) is 28.6. The van der Waals surface area contributed by atoms with Crippen LogP contribution in [-0.2, 0) is 0 Å². The fourth-order valence-corrected chi connectivity index (χ4v) is 3.38. The van der Waals surface area contributed by atoms with E-state index in [0.717, 1.165) is 31.6 Å². The van der Waals surface area contributed by atoms with Gasteiger partial charge in [-0.15, -0.1) is 12.4 Å². The molecule has 20 heavy (non-hydrogen) atoms. The van der Waals surface area contributed by atoms with Gasteiger partial charge in [0.1, 0.15) is 5.69 Å². The third-order valence-corrected chi connectivity index (χ3v) is 4.64. The predicted molar refractivity (Wildman–Crippen MR) is 80.0 cm³/mol. The van der Waals surface area contributed by atoms with Crippen LogP contribution < -0.4 is 5.73 Å². The summed E-state index contributed by atoms with van der Waals surface area (Å²) in [6.07, 6.45) is 2.27. The largest absolute Gasteiger partial charge is 0.337 e. The second-order valence-corrected chi connectivity index (χ2v) is 6.24. The zero-order chi connectivity index (χ0) is 13.6. The van der Waals surface area contributed by atoms with E-state index in [4.69, 9.17) is 5.73 Å².